The highest BCUT2D eigenvalue weighted by Gasteiger charge is 2.12. The van der Waals surface area contributed by atoms with E-state index in [1.54, 1.807) is 19.5 Å². The molecule has 124 valence electrons. The van der Waals surface area contributed by atoms with Gasteiger partial charge in [0.25, 0.3) is 5.95 Å². The van der Waals surface area contributed by atoms with Crippen molar-refractivity contribution in [3.8, 4) is 11.5 Å². The number of halogens is 1. The summed E-state index contributed by atoms with van der Waals surface area (Å²) in [6.45, 7) is 0.931. The molecule has 9 heteroatoms. The standard InChI is InChI=1S/C15H15BrN6O2/c1-23-13-6-11(8-18-15-19-21-22-20-15)5-12(16)14(13)24-9-10-3-2-4-17-7-10/h2-7H,8-9H2,1H3,(H2,18,19,20,21,22). The third kappa shape index (κ3) is 3.99. The Morgan fingerprint density at radius 3 is 2.92 bits per heavy atom. The zero-order valence-electron chi connectivity index (χ0n) is 12.9. The summed E-state index contributed by atoms with van der Waals surface area (Å²) in [5.41, 5.74) is 1.96. The topological polar surface area (TPSA) is 97.8 Å². The number of methoxy groups -OCH3 is 1. The molecular weight excluding hydrogens is 376 g/mol. The van der Waals surface area contributed by atoms with Gasteiger partial charge in [0.2, 0.25) is 0 Å². The molecule has 8 nitrogen and oxygen atoms in total. The third-order valence-corrected chi connectivity index (χ3v) is 3.78. The van der Waals surface area contributed by atoms with Crippen LogP contribution in [-0.4, -0.2) is 32.7 Å². The molecule has 3 rings (SSSR count). The van der Waals surface area contributed by atoms with Crippen LogP contribution in [0.5, 0.6) is 11.5 Å². The summed E-state index contributed by atoms with van der Waals surface area (Å²) in [6, 6.07) is 7.68. The molecule has 1 aromatic carbocycles. The number of aromatic nitrogens is 5. The molecule has 0 saturated carbocycles. The lowest BCUT2D eigenvalue weighted by atomic mass is 10.2. The molecule has 2 N–H and O–H groups in total. The van der Waals surface area contributed by atoms with Crippen LogP contribution in [-0.2, 0) is 13.2 Å². The Balaban J connectivity index is 1.72. The number of pyridine rings is 1. The van der Waals surface area contributed by atoms with Gasteiger partial charge in [-0.15, -0.1) is 5.10 Å². The summed E-state index contributed by atoms with van der Waals surface area (Å²) in [4.78, 5) is 4.07. The Bertz CT molecular complexity index is 782. The number of anilines is 1. The summed E-state index contributed by atoms with van der Waals surface area (Å²) >= 11 is 3.53. The predicted molar refractivity (Wildman–Crippen MR) is 90.8 cm³/mol. The van der Waals surface area contributed by atoms with Gasteiger partial charge in [0.05, 0.1) is 11.6 Å². The molecule has 0 aliphatic rings. The fourth-order valence-electron chi connectivity index (χ4n) is 2.07. The summed E-state index contributed by atoms with van der Waals surface area (Å²) in [5.74, 6) is 1.71. The van der Waals surface area contributed by atoms with Gasteiger partial charge >= 0.3 is 0 Å². The molecule has 0 unspecified atom stereocenters. The Hall–Kier alpha value is -2.68. The summed E-state index contributed by atoms with van der Waals surface area (Å²) in [6.07, 6.45) is 3.50. The van der Waals surface area contributed by atoms with E-state index in [1.165, 1.54) is 0 Å². The molecule has 0 aliphatic carbocycles. The van der Waals surface area contributed by atoms with Crippen molar-refractivity contribution in [2.24, 2.45) is 0 Å². The number of nitrogens with one attached hydrogen (secondary N) is 2. The number of ether oxygens (including phenoxy) is 2. The lowest BCUT2D eigenvalue weighted by Gasteiger charge is -2.14. The fourth-order valence-corrected chi connectivity index (χ4v) is 2.68. The second kappa shape index (κ2) is 7.73. The monoisotopic (exact) mass is 390 g/mol. The molecule has 0 amide bonds. The van der Waals surface area contributed by atoms with E-state index in [4.69, 9.17) is 9.47 Å². The van der Waals surface area contributed by atoms with Gasteiger partial charge in [-0.3, -0.25) is 4.98 Å². The van der Waals surface area contributed by atoms with Gasteiger partial charge in [0, 0.05) is 24.5 Å². The highest BCUT2D eigenvalue weighted by atomic mass is 79.9. The van der Waals surface area contributed by atoms with Crippen molar-refractivity contribution in [1.29, 1.82) is 0 Å². The minimum absolute atomic E-state index is 0.406. The average Bonchev–Trinajstić information content (AvgIpc) is 3.13. The molecule has 0 bridgehead atoms. The number of benzene rings is 1. The van der Waals surface area contributed by atoms with Gasteiger partial charge in [-0.25, -0.2) is 0 Å². The number of aromatic amines is 1. The van der Waals surface area contributed by atoms with Gasteiger partial charge in [-0.05, 0) is 44.9 Å². The van der Waals surface area contributed by atoms with Crippen LogP contribution in [0.1, 0.15) is 11.1 Å². The van der Waals surface area contributed by atoms with E-state index in [2.05, 4.69) is 46.9 Å². The van der Waals surface area contributed by atoms with Crippen molar-refractivity contribution >= 4 is 21.9 Å². The quantitative estimate of drug-likeness (QED) is 0.639. The maximum absolute atomic E-state index is 5.88. The highest BCUT2D eigenvalue weighted by Crippen LogP contribution is 2.37. The van der Waals surface area contributed by atoms with E-state index in [9.17, 15) is 0 Å². The Labute approximate surface area is 146 Å². The van der Waals surface area contributed by atoms with Gasteiger partial charge in [0.1, 0.15) is 6.61 Å². The van der Waals surface area contributed by atoms with Crippen molar-refractivity contribution < 1.29 is 9.47 Å². The SMILES string of the molecule is COc1cc(CNc2nn[nH]n2)cc(Br)c1OCc1cccnc1. The van der Waals surface area contributed by atoms with Crippen LogP contribution in [0.25, 0.3) is 0 Å². The van der Waals surface area contributed by atoms with Crippen molar-refractivity contribution in [3.05, 3.63) is 52.3 Å². The van der Waals surface area contributed by atoms with E-state index < -0.39 is 0 Å². The maximum atomic E-state index is 5.88. The summed E-state index contributed by atoms with van der Waals surface area (Å²) < 4.78 is 12.1. The summed E-state index contributed by atoms with van der Waals surface area (Å²) in [5, 5.41) is 16.6. The van der Waals surface area contributed by atoms with Crippen LogP contribution in [0, 0.1) is 0 Å². The molecule has 0 aliphatic heterocycles. The van der Waals surface area contributed by atoms with E-state index >= 15 is 0 Å². The van der Waals surface area contributed by atoms with Gasteiger partial charge in [0.15, 0.2) is 11.5 Å². The van der Waals surface area contributed by atoms with Gasteiger partial charge in [-0.2, -0.15) is 5.21 Å². The lowest BCUT2D eigenvalue weighted by Crippen LogP contribution is -2.03. The van der Waals surface area contributed by atoms with Crippen LogP contribution in [0.3, 0.4) is 0 Å². The number of hydrogen-bond donors (Lipinski definition) is 2. The summed E-state index contributed by atoms with van der Waals surface area (Å²) in [7, 11) is 1.61. The number of hydrogen-bond acceptors (Lipinski definition) is 7. The van der Waals surface area contributed by atoms with Crippen molar-refractivity contribution in [2.45, 2.75) is 13.2 Å². The molecule has 0 spiro atoms. The second-order valence-electron chi connectivity index (χ2n) is 4.85. The molecule has 0 atom stereocenters. The average molecular weight is 391 g/mol. The fraction of sp³-hybridized carbons (Fsp3) is 0.200. The van der Waals surface area contributed by atoms with Crippen LogP contribution in [0.4, 0.5) is 5.95 Å². The van der Waals surface area contributed by atoms with Crippen LogP contribution >= 0.6 is 15.9 Å². The smallest absolute Gasteiger partial charge is 0.263 e. The molecule has 0 fully saturated rings. The molecule has 2 heterocycles. The van der Waals surface area contributed by atoms with Crippen molar-refractivity contribution in [1.82, 2.24) is 25.6 Å². The zero-order valence-corrected chi connectivity index (χ0v) is 14.4. The Morgan fingerprint density at radius 2 is 2.21 bits per heavy atom. The van der Waals surface area contributed by atoms with E-state index in [-0.39, 0.29) is 0 Å². The number of nitrogens with zero attached hydrogens (tertiary/aromatic N) is 4. The molecular formula is C15H15BrN6O2. The molecule has 0 saturated heterocycles. The normalized spacial score (nSPS) is 10.4. The maximum Gasteiger partial charge on any atom is 0.263 e. The third-order valence-electron chi connectivity index (χ3n) is 3.19. The van der Waals surface area contributed by atoms with E-state index in [0.717, 1.165) is 15.6 Å². The Kier molecular flexibility index (Phi) is 5.22. The predicted octanol–water partition coefficient (Wildman–Crippen LogP) is 2.56. The largest absolute Gasteiger partial charge is 0.493 e. The van der Waals surface area contributed by atoms with Crippen LogP contribution < -0.4 is 14.8 Å². The van der Waals surface area contributed by atoms with Crippen LogP contribution in [0.2, 0.25) is 0 Å². The first-order valence-electron chi connectivity index (χ1n) is 7.11. The molecule has 24 heavy (non-hydrogen) atoms. The second-order valence-corrected chi connectivity index (χ2v) is 5.70. The van der Waals surface area contributed by atoms with Gasteiger partial charge in [-0.1, -0.05) is 11.2 Å². The van der Waals surface area contributed by atoms with Gasteiger partial charge < -0.3 is 14.8 Å². The first-order valence-corrected chi connectivity index (χ1v) is 7.91. The minimum atomic E-state index is 0.406. The Morgan fingerprint density at radius 1 is 1.29 bits per heavy atom. The number of rotatable bonds is 7. The number of H-pyrrole nitrogens is 1. The minimum Gasteiger partial charge on any atom is -0.493 e. The molecule has 0 radical (unpaired) electrons. The van der Waals surface area contributed by atoms with Crippen molar-refractivity contribution in [2.75, 3.05) is 12.4 Å². The van der Waals surface area contributed by atoms with Crippen LogP contribution in [0.15, 0.2) is 41.1 Å². The van der Waals surface area contributed by atoms with E-state index in [1.807, 2.05) is 24.3 Å². The zero-order chi connectivity index (χ0) is 16.8. The molecule has 3 aromatic rings. The van der Waals surface area contributed by atoms with Crippen molar-refractivity contribution in [3.63, 3.8) is 0 Å². The molecule has 2 aromatic heterocycles. The first kappa shape index (κ1) is 16.2. The van der Waals surface area contributed by atoms with E-state index in [0.29, 0.717) is 30.6 Å². The first-order chi connectivity index (χ1) is 11.8. The highest BCUT2D eigenvalue weighted by molar-refractivity contribution is 9.10. The lowest BCUT2D eigenvalue weighted by molar-refractivity contribution is 0.282. The number of tetrazole rings is 1.